The molecule has 104 valence electrons. The van der Waals surface area contributed by atoms with Crippen LogP contribution in [0, 0.1) is 0 Å². The molecule has 1 aromatic heterocycles. The van der Waals surface area contributed by atoms with E-state index in [-0.39, 0.29) is 18.1 Å². The van der Waals surface area contributed by atoms with Crippen molar-refractivity contribution in [2.75, 3.05) is 6.61 Å². The molecule has 0 spiro atoms. The minimum atomic E-state index is -0.139. The van der Waals surface area contributed by atoms with E-state index >= 15 is 0 Å². The van der Waals surface area contributed by atoms with Gasteiger partial charge in [0.1, 0.15) is 11.9 Å². The first kappa shape index (κ1) is 12.6. The van der Waals surface area contributed by atoms with E-state index in [2.05, 4.69) is 29.2 Å². The maximum Gasteiger partial charge on any atom is 0.323 e. The fourth-order valence-corrected chi connectivity index (χ4v) is 2.64. The summed E-state index contributed by atoms with van der Waals surface area (Å²) in [4.78, 5) is 16.0. The van der Waals surface area contributed by atoms with Crippen molar-refractivity contribution in [2.24, 2.45) is 0 Å². The third-order valence-corrected chi connectivity index (χ3v) is 3.76. The lowest BCUT2D eigenvalue weighted by molar-refractivity contribution is -0.139. The summed E-state index contributed by atoms with van der Waals surface area (Å²) in [6.07, 6.45) is 2.69. The molecule has 0 bridgehead atoms. The maximum absolute atomic E-state index is 11.5. The average molecular weight is 264 g/mol. The molecule has 1 fully saturated rings. The van der Waals surface area contributed by atoms with Crippen LogP contribution in [0.3, 0.4) is 0 Å². The van der Waals surface area contributed by atoms with Crippen LogP contribution in [0.1, 0.15) is 44.3 Å². The Morgan fingerprint density at radius 3 is 2.95 bits per heavy atom. The normalized spacial score (nSPS) is 26.6. The molecule has 1 N–H and O–H groups in total. The molecule has 0 saturated carbocycles. The van der Waals surface area contributed by atoms with Crippen molar-refractivity contribution in [2.45, 2.75) is 57.7 Å². The molecule has 1 aromatic rings. The smallest absolute Gasteiger partial charge is 0.323 e. The van der Waals surface area contributed by atoms with Crippen LogP contribution in [-0.4, -0.2) is 39.4 Å². The van der Waals surface area contributed by atoms with Crippen LogP contribution in [0.5, 0.6) is 0 Å². The van der Waals surface area contributed by atoms with Crippen LogP contribution in [0.2, 0.25) is 0 Å². The summed E-state index contributed by atoms with van der Waals surface area (Å²) < 4.78 is 6.96. The monoisotopic (exact) mass is 264 g/mol. The van der Waals surface area contributed by atoms with Crippen molar-refractivity contribution in [3.8, 4) is 0 Å². The van der Waals surface area contributed by atoms with Gasteiger partial charge >= 0.3 is 5.97 Å². The van der Waals surface area contributed by atoms with Crippen LogP contribution in [0.15, 0.2) is 0 Å². The highest BCUT2D eigenvalue weighted by atomic mass is 16.5. The van der Waals surface area contributed by atoms with Crippen LogP contribution in [0.25, 0.3) is 0 Å². The number of fused-ring (bicyclic) bond motifs is 1. The number of ether oxygens (including phenoxy) is 1. The SMILES string of the molecule is CC(C)c1nc2n(n1)CC(NC1CCOC1=O)CC2. The van der Waals surface area contributed by atoms with Gasteiger partial charge in [0.15, 0.2) is 5.82 Å². The second-order valence-electron chi connectivity index (χ2n) is 5.63. The number of carbonyl (C=O) groups is 1. The molecule has 0 amide bonds. The third-order valence-electron chi connectivity index (χ3n) is 3.76. The van der Waals surface area contributed by atoms with E-state index in [0.717, 1.165) is 37.5 Å². The topological polar surface area (TPSA) is 69.0 Å². The number of hydrogen-bond acceptors (Lipinski definition) is 5. The molecule has 1 saturated heterocycles. The Morgan fingerprint density at radius 1 is 1.42 bits per heavy atom. The van der Waals surface area contributed by atoms with E-state index in [9.17, 15) is 4.79 Å². The molecule has 19 heavy (non-hydrogen) atoms. The van der Waals surface area contributed by atoms with Gasteiger partial charge in [-0.05, 0) is 6.42 Å². The number of nitrogens with one attached hydrogen (secondary N) is 1. The Morgan fingerprint density at radius 2 is 2.26 bits per heavy atom. The Bertz CT molecular complexity index is 483. The zero-order chi connectivity index (χ0) is 13.4. The van der Waals surface area contributed by atoms with E-state index in [1.165, 1.54) is 0 Å². The minimum Gasteiger partial charge on any atom is -0.464 e. The number of cyclic esters (lactones) is 1. The van der Waals surface area contributed by atoms with Crippen LogP contribution in [0.4, 0.5) is 0 Å². The summed E-state index contributed by atoms with van der Waals surface area (Å²) in [6.45, 7) is 5.53. The van der Waals surface area contributed by atoms with Gasteiger partial charge in [-0.3, -0.25) is 10.1 Å². The number of carbonyl (C=O) groups excluding carboxylic acids is 1. The lowest BCUT2D eigenvalue weighted by Gasteiger charge is -2.25. The van der Waals surface area contributed by atoms with Gasteiger partial charge < -0.3 is 4.74 Å². The van der Waals surface area contributed by atoms with Gasteiger partial charge in [-0.1, -0.05) is 13.8 Å². The predicted molar refractivity (Wildman–Crippen MR) is 68.7 cm³/mol. The summed E-state index contributed by atoms with van der Waals surface area (Å²) in [5.41, 5.74) is 0. The lowest BCUT2D eigenvalue weighted by Crippen LogP contribution is -2.45. The van der Waals surface area contributed by atoms with Gasteiger partial charge in [-0.25, -0.2) is 9.67 Å². The second-order valence-corrected chi connectivity index (χ2v) is 5.63. The van der Waals surface area contributed by atoms with Crippen molar-refractivity contribution in [3.63, 3.8) is 0 Å². The van der Waals surface area contributed by atoms with Crippen molar-refractivity contribution < 1.29 is 9.53 Å². The van der Waals surface area contributed by atoms with E-state index in [4.69, 9.17) is 4.74 Å². The van der Waals surface area contributed by atoms with E-state index in [1.807, 2.05) is 4.68 Å². The molecular formula is C13H20N4O2. The number of rotatable bonds is 3. The van der Waals surface area contributed by atoms with Crippen molar-refractivity contribution in [1.29, 1.82) is 0 Å². The van der Waals surface area contributed by atoms with Crippen LogP contribution >= 0.6 is 0 Å². The standard InChI is InChI=1S/C13H20N4O2/c1-8(2)12-15-11-4-3-9(7-17(11)16-12)14-10-5-6-19-13(10)18/h8-10,14H,3-7H2,1-2H3. The number of nitrogens with zero attached hydrogens (tertiary/aromatic N) is 3. The number of esters is 1. The van der Waals surface area contributed by atoms with Gasteiger partial charge in [0, 0.05) is 24.8 Å². The fourth-order valence-electron chi connectivity index (χ4n) is 2.64. The van der Waals surface area contributed by atoms with Gasteiger partial charge in [0.05, 0.1) is 13.2 Å². The van der Waals surface area contributed by atoms with E-state index < -0.39 is 0 Å². The summed E-state index contributed by atoms with van der Waals surface area (Å²) in [5, 5.41) is 7.93. The molecule has 2 aliphatic rings. The first-order valence-corrected chi connectivity index (χ1v) is 7.00. The average Bonchev–Trinajstić information content (AvgIpc) is 2.96. The summed E-state index contributed by atoms with van der Waals surface area (Å²) in [7, 11) is 0. The number of aryl methyl sites for hydroxylation is 1. The van der Waals surface area contributed by atoms with Crippen molar-refractivity contribution in [1.82, 2.24) is 20.1 Å². The van der Waals surface area contributed by atoms with Gasteiger partial charge in [0.2, 0.25) is 0 Å². The van der Waals surface area contributed by atoms with E-state index in [1.54, 1.807) is 0 Å². The zero-order valence-electron chi connectivity index (χ0n) is 11.4. The Balaban J connectivity index is 1.66. The van der Waals surface area contributed by atoms with Gasteiger partial charge in [-0.2, -0.15) is 5.10 Å². The molecule has 3 rings (SSSR count). The molecule has 6 nitrogen and oxygen atoms in total. The number of aromatic nitrogens is 3. The first-order valence-electron chi connectivity index (χ1n) is 7.00. The van der Waals surface area contributed by atoms with Crippen LogP contribution < -0.4 is 5.32 Å². The Labute approximate surface area is 112 Å². The third kappa shape index (κ3) is 2.49. The highest BCUT2D eigenvalue weighted by Crippen LogP contribution is 2.18. The largest absolute Gasteiger partial charge is 0.464 e. The zero-order valence-corrected chi connectivity index (χ0v) is 11.4. The van der Waals surface area contributed by atoms with Gasteiger partial charge in [-0.15, -0.1) is 0 Å². The Hall–Kier alpha value is -1.43. The maximum atomic E-state index is 11.5. The summed E-state index contributed by atoms with van der Waals surface area (Å²) >= 11 is 0. The molecule has 0 radical (unpaired) electrons. The highest BCUT2D eigenvalue weighted by Gasteiger charge is 2.30. The number of hydrogen-bond donors (Lipinski definition) is 1. The first-order chi connectivity index (χ1) is 9.13. The molecule has 6 heteroatoms. The molecule has 2 atom stereocenters. The Kier molecular flexibility index (Phi) is 3.26. The van der Waals surface area contributed by atoms with Crippen LogP contribution in [-0.2, 0) is 22.5 Å². The van der Waals surface area contributed by atoms with Crippen molar-refractivity contribution >= 4 is 5.97 Å². The minimum absolute atomic E-state index is 0.118. The predicted octanol–water partition coefficient (Wildman–Crippen LogP) is 0.621. The molecule has 3 heterocycles. The molecule has 2 aliphatic heterocycles. The highest BCUT2D eigenvalue weighted by molar-refractivity contribution is 5.77. The van der Waals surface area contributed by atoms with Gasteiger partial charge in [0.25, 0.3) is 0 Å². The summed E-state index contributed by atoms with van der Waals surface area (Å²) in [5.74, 6) is 2.22. The second kappa shape index (κ2) is 4.92. The molecule has 2 unspecified atom stereocenters. The lowest BCUT2D eigenvalue weighted by atomic mass is 10.1. The molecular weight excluding hydrogens is 244 g/mol. The summed E-state index contributed by atoms with van der Waals surface area (Å²) in [6, 6.07) is 0.143. The quantitative estimate of drug-likeness (QED) is 0.811. The fraction of sp³-hybridized carbons (Fsp3) is 0.769. The van der Waals surface area contributed by atoms with Crippen molar-refractivity contribution in [3.05, 3.63) is 11.6 Å². The van der Waals surface area contributed by atoms with E-state index in [0.29, 0.717) is 12.5 Å². The molecule has 0 aromatic carbocycles. The molecule has 0 aliphatic carbocycles.